The molecule has 0 saturated carbocycles. The van der Waals surface area contributed by atoms with Crippen molar-refractivity contribution in [2.75, 3.05) is 22.1 Å². The average Bonchev–Trinajstić information content (AvgIpc) is 3.08. The second kappa shape index (κ2) is 5.92. The van der Waals surface area contributed by atoms with Gasteiger partial charge in [0.05, 0.1) is 11.4 Å². The standard InChI is InChI=1S/C20H21N3O2/c1-12-5-6-13(2)15(10-12)21-19(24)14-7-8-17-16(11-14)22-20(25)18-4-3-9-23(17)18/h5-8,10-11,18H,3-4,9H2,1-2H3,(H,21,24)(H,22,25). The zero-order valence-electron chi connectivity index (χ0n) is 14.4. The molecule has 2 heterocycles. The minimum Gasteiger partial charge on any atom is -0.358 e. The van der Waals surface area contributed by atoms with Crippen molar-refractivity contribution in [2.24, 2.45) is 0 Å². The van der Waals surface area contributed by atoms with Gasteiger partial charge >= 0.3 is 0 Å². The van der Waals surface area contributed by atoms with Gasteiger partial charge in [0, 0.05) is 17.8 Å². The second-order valence-corrected chi connectivity index (χ2v) is 6.85. The third kappa shape index (κ3) is 2.76. The van der Waals surface area contributed by atoms with Crippen molar-refractivity contribution < 1.29 is 9.59 Å². The summed E-state index contributed by atoms with van der Waals surface area (Å²) in [6.07, 6.45) is 1.91. The number of anilines is 3. The molecule has 1 unspecified atom stereocenters. The Morgan fingerprint density at radius 1 is 1.20 bits per heavy atom. The topological polar surface area (TPSA) is 61.4 Å². The molecule has 2 aliphatic rings. The molecule has 25 heavy (non-hydrogen) atoms. The molecule has 1 saturated heterocycles. The molecule has 0 radical (unpaired) electrons. The first-order chi connectivity index (χ1) is 12.0. The largest absolute Gasteiger partial charge is 0.358 e. The van der Waals surface area contributed by atoms with Gasteiger partial charge in [-0.1, -0.05) is 12.1 Å². The summed E-state index contributed by atoms with van der Waals surface area (Å²) < 4.78 is 0. The van der Waals surface area contributed by atoms with Crippen LogP contribution < -0.4 is 15.5 Å². The number of fused-ring (bicyclic) bond motifs is 3. The first-order valence-corrected chi connectivity index (χ1v) is 8.63. The van der Waals surface area contributed by atoms with E-state index in [9.17, 15) is 9.59 Å². The maximum absolute atomic E-state index is 12.6. The fourth-order valence-electron chi connectivity index (χ4n) is 3.64. The van der Waals surface area contributed by atoms with Gasteiger partial charge in [0.25, 0.3) is 5.91 Å². The second-order valence-electron chi connectivity index (χ2n) is 6.85. The van der Waals surface area contributed by atoms with Gasteiger partial charge in [0.1, 0.15) is 6.04 Å². The summed E-state index contributed by atoms with van der Waals surface area (Å²) >= 11 is 0. The van der Waals surface area contributed by atoms with E-state index in [1.165, 1.54) is 0 Å². The minimum absolute atomic E-state index is 0.0251. The lowest BCUT2D eigenvalue weighted by Crippen LogP contribution is -2.43. The van der Waals surface area contributed by atoms with Crippen molar-refractivity contribution in [3.05, 3.63) is 53.1 Å². The van der Waals surface area contributed by atoms with Crippen molar-refractivity contribution in [2.45, 2.75) is 32.7 Å². The molecule has 0 aliphatic carbocycles. The highest BCUT2D eigenvalue weighted by atomic mass is 16.2. The summed E-state index contributed by atoms with van der Waals surface area (Å²) in [4.78, 5) is 27.0. The van der Waals surface area contributed by atoms with Gasteiger partial charge in [-0.05, 0) is 62.1 Å². The van der Waals surface area contributed by atoms with E-state index in [0.29, 0.717) is 5.56 Å². The van der Waals surface area contributed by atoms with Gasteiger partial charge in [0.2, 0.25) is 5.91 Å². The summed E-state index contributed by atoms with van der Waals surface area (Å²) in [5.74, 6) is -0.147. The lowest BCUT2D eigenvalue weighted by molar-refractivity contribution is -0.117. The van der Waals surface area contributed by atoms with E-state index >= 15 is 0 Å². The Morgan fingerprint density at radius 3 is 2.88 bits per heavy atom. The highest BCUT2D eigenvalue weighted by Gasteiger charge is 2.36. The Morgan fingerprint density at radius 2 is 2.04 bits per heavy atom. The molecule has 2 aromatic carbocycles. The summed E-state index contributed by atoms with van der Waals surface area (Å²) in [5, 5.41) is 5.92. The summed E-state index contributed by atoms with van der Waals surface area (Å²) in [7, 11) is 0. The quantitative estimate of drug-likeness (QED) is 0.883. The van der Waals surface area contributed by atoms with E-state index in [2.05, 4.69) is 15.5 Å². The number of nitrogens with zero attached hydrogens (tertiary/aromatic N) is 1. The lowest BCUT2D eigenvalue weighted by atomic mass is 10.1. The molecule has 2 aliphatic heterocycles. The predicted molar refractivity (Wildman–Crippen MR) is 99.3 cm³/mol. The third-order valence-electron chi connectivity index (χ3n) is 5.02. The molecule has 4 rings (SSSR count). The molecule has 128 valence electrons. The molecule has 5 heteroatoms. The number of carbonyl (C=O) groups excluding carboxylic acids is 2. The summed E-state index contributed by atoms with van der Waals surface area (Å²) in [5.41, 5.74) is 5.19. The van der Waals surface area contributed by atoms with Crippen LogP contribution in [0.3, 0.4) is 0 Å². The first-order valence-electron chi connectivity index (χ1n) is 8.63. The molecule has 5 nitrogen and oxygen atoms in total. The Bertz CT molecular complexity index is 875. The monoisotopic (exact) mass is 335 g/mol. The fraction of sp³-hybridized carbons (Fsp3) is 0.300. The zero-order chi connectivity index (χ0) is 17.6. The fourth-order valence-corrected chi connectivity index (χ4v) is 3.64. The SMILES string of the molecule is Cc1ccc(C)c(NC(=O)c2ccc3c(c2)NC(=O)C2CCCN32)c1. The smallest absolute Gasteiger partial charge is 0.255 e. The Labute approximate surface area is 147 Å². The number of hydrogen-bond acceptors (Lipinski definition) is 3. The van der Waals surface area contributed by atoms with Gasteiger partial charge in [-0.25, -0.2) is 0 Å². The Kier molecular flexibility index (Phi) is 3.71. The van der Waals surface area contributed by atoms with Gasteiger partial charge in [-0.3, -0.25) is 9.59 Å². The zero-order valence-corrected chi connectivity index (χ0v) is 14.4. The molecular formula is C20H21N3O2. The van der Waals surface area contributed by atoms with Crippen LogP contribution in [-0.2, 0) is 4.79 Å². The number of amides is 2. The van der Waals surface area contributed by atoms with Crippen LogP contribution in [0.15, 0.2) is 36.4 Å². The Hall–Kier alpha value is -2.82. The van der Waals surface area contributed by atoms with E-state index in [4.69, 9.17) is 0 Å². The molecule has 0 spiro atoms. The normalized spacial score (nSPS) is 18.4. The van der Waals surface area contributed by atoms with E-state index in [1.807, 2.05) is 44.2 Å². The van der Waals surface area contributed by atoms with Crippen LogP contribution in [0.1, 0.15) is 34.3 Å². The van der Waals surface area contributed by atoms with E-state index in [1.54, 1.807) is 6.07 Å². The van der Waals surface area contributed by atoms with E-state index in [0.717, 1.165) is 47.6 Å². The van der Waals surface area contributed by atoms with Crippen LogP contribution in [0.4, 0.5) is 17.1 Å². The van der Waals surface area contributed by atoms with Crippen molar-refractivity contribution in [1.29, 1.82) is 0 Å². The minimum atomic E-state index is -0.172. The molecule has 1 atom stereocenters. The molecule has 0 bridgehead atoms. The van der Waals surface area contributed by atoms with Crippen LogP contribution >= 0.6 is 0 Å². The maximum Gasteiger partial charge on any atom is 0.255 e. The molecule has 0 aromatic heterocycles. The van der Waals surface area contributed by atoms with Crippen LogP contribution in [0.2, 0.25) is 0 Å². The van der Waals surface area contributed by atoms with Crippen molar-refractivity contribution >= 4 is 28.9 Å². The number of nitrogens with one attached hydrogen (secondary N) is 2. The van der Waals surface area contributed by atoms with Gasteiger partial charge < -0.3 is 15.5 Å². The van der Waals surface area contributed by atoms with Crippen molar-refractivity contribution in [1.82, 2.24) is 0 Å². The predicted octanol–water partition coefficient (Wildman–Crippen LogP) is 3.48. The van der Waals surface area contributed by atoms with Crippen LogP contribution in [-0.4, -0.2) is 24.4 Å². The highest BCUT2D eigenvalue weighted by Crippen LogP contribution is 2.37. The van der Waals surface area contributed by atoms with Gasteiger partial charge in [0.15, 0.2) is 0 Å². The van der Waals surface area contributed by atoms with Crippen LogP contribution in [0.25, 0.3) is 0 Å². The van der Waals surface area contributed by atoms with Crippen molar-refractivity contribution in [3.63, 3.8) is 0 Å². The van der Waals surface area contributed by atoms with Crippen molar-refractivity contribution in [3.8, 4) is 0 Å². The molecular weight excluding hydrogens is 314 g/mol. The van der Waals surface area contributed by atoms with Gasteiger partial charge in [-0.2, -0.15) is 0 Å². The molecule has 2 aromatic rings. The molecule has 1 fully saturated rings. The summed E-state index contributed by atoms with van der Waals surface area (Å²) in [6, 6.07) is 11.4. The number of hydrogen-bond donors (Lipinski definition) is 2. The number of rotatable bonds is 2. The van der Waals surface area contributed by atoms with Crippen LogP contribution in [0.5, 0.6) is 0 Å². The van der Waals surface area contributed by atoms with E-state index < -0.39 is 0 Å². The number of carbonyl (C=O) groups is 2. The maximum atomic E-state index is 12.6. The average molecular weight is 335 g/mol. The number of aryl methyl sites for hydroxylation is 2. The Balaban J connectivity index is 1.61. The molecule has 2 N–H and O–H groups in total. The van der Waals surface area contributed by atoms with Gasteiger partial charge in [-0.15, -0.1) is 0 Å². The summed E-state index contributed by atoms with van der Waals surface area (Å²) in [6.45, 7) is 4.85. The lowest BCUT2D eigenvalue weighted by Gasteiger charge is -2.33. The third-order valence-corrected chi connectivity index (χ3v) is 5.02. The van der Waals surface area contributed by atoms with E-state index in [-0.39, 0.29) is 17.9 Å². The van der Waals surface area contributed by atoms with Crippen LogP contribution in [0, 0.1) is 13.8 Å². The number of benzene rings is 2. The molecule has 2 amide bonds. The highest BCUT2D eigenvalue weighted by molar-refractivity contribution is 6.09. The first kappa shape index (κ1) is 15.7.